The van der Waals surface area contributed by atoms with E-state index in [0.29, 0.717) is 11.1 Å². The van der Waals surface area contributed by atoms with Gasteiger partial charge in [-0.3, -0.25) is 9.59 Å². The Morgan fingerprint density at radius 1 is 0.880 bits per heavy atom. The normalized spacial score (nSPS) is 14.2. The first-order valence-corrected chi connectivity index (χ1v) is 8.83. The predicted molar refractivity (Wildman–Crippen MR) is 100 cm³/mol. The van der Waals surface area contributed by atoms with Gasteiger partial charge in [0.15, 0.2) is 0 Å². The molecule has 2 aromatic carbocycles. The number of nitrogens with one attached hydrogen (secondary N) is 1. The van der Waals surface area contributed by atoms with Crippen LogP contribution in [0.25, 0.3) is 0 Å². The molecule has 1 fully saturated rings. The summed E-state index contributed by atoms with van der Waals surface area (Å²) in [5.74, 6) is -0.105. The van der Waals surface area contributed by atoms with Gasteiger partial charge in [-0.15, -0.1) is 0 Å². The Morgan fingerprint density at radius 2 is 1.52 bits per heavy atom. The number of benzene rings is 2. The van der Waals surface area contributed by atoms with Gasteiger partial charge >= 0.3 is 0 Å². The number of carbonyl (C=O) groups excluding carboxylic acids is 2. The number of amides is 2. The molecule has 0 saturated carbocycles. The van der Waals surface area contributed by atoms with Crippen molar-refractivity contribution in [3.63, 3.8) is 0 Å². The highest BCUT2D eigenvalue weighted by atomic mass is 16.2. The molecule has 1 aliphatic heterocycles. The van der Waals surface area contributed by atoms with Crippen molar-refractivity contribution in [2.45, 2.75) is 33.1 Å². The molecule has 1 saturated heterocycles. The Kier molecular flexibility index (Phi) is 5.17. The molecule has 4 nitrogen and oxygen atoms in total. The first-order valence-electron chi connectivity index (χ1n) is 8.83. The van der Waals surface area contributed by atoms with E-state index in [1.165, 1.54) is 6.42 Å². The third-order valence-electron chi connectivity index (χ3n) is 4.89. The largest absolute Gasteiger partial charge is 0.339 e. The van der Waals surface area contributed by atoms with Crippen LogP contribution in [0.4, 0.5) is 5.69 Å². The van der Waals surface area contributed by atoms with Gasteiger partial charge in [0.25, 0.3) is 11.8 Å². The zero-order valence-corrected chi connectivity index (χ0v) is 14.8. The first-order chi connectivity index (χ1) is 12.1. The van der Waals surface area contributed by atoms with Crippen LogP contribution in [0, 0.1) is 13.8 Å². The molecule has 0 atom stereocenters. The van der Waals surface area contributed by atoms with Gasteiger partial charge in [-0.1, -0.05) is 12.1 Å². The quantitative estimate of drug-likeness (QED) is 0.914. The number of nitrogens with zero attached hydrogens (tertiary/aromatic N) is 1. The maximum Gasteiger partial charge on any atom is 0.255 e. The van der Waals surface area contributed by atoms with E-state index in [2.05, 4.69) is 5.32 Å². The fraction of sp³-hybridized carbons (Fsp3) is 0.333. The molecule has 3 rings (SSSR count). The average Bonchev–Trinajstić information content (AvgIpc) is 2.65. The summed E-state index contributed by atoms with van der Waals surface area (Å²) in [7, 11) is 0. The van der Waals surface area contributed by atoms with Crippen LogP contribution in [0.15, 0.2) is 42.5 Å². The lowest BCUT2D eigenvalue weighted by Crippen LogP contribution is -2.35. The predicted octanol–water partition coefficient (Wildman–Crippen LogP) is 4.18. The van der Waals surface area contributed by atoms with Gasteiger partial charge in [0.1, 0.15) is 0 Å². The highest BCUT2D eigenvalue weighted by molar-refractivity contribution is 6.05. The summed E-state index contributed by atoms with van der Waals surface area (Å²) in [6, 6.07) is 12.8. The Balaban J connectivity index is 1.70. The molecule has 4 heteroatoms. The SMILES string of the molecule is Cc1cccc(NC(=O)c2ccc(C(=O)N3CCCCC3)cc2)c1C. The van der Waals surface area contributed by atoms with Crippen LogP contribution in [0.3, 0.4) is 0 Å². The summed E-state index contributed by atoms with van der Waals surface area (Å²) >= 11 is 0. The summed E-state index contributed by atoms with van der Waals surface area (Å²) in [6.07, 6.45) is 3.34. The topological polar surface area (TPSA) is 49.4 Å². The van der Waals surface area contributed by atoms with Crippen molar-refractivity contribution in [1.29, 1.82) is 0 Å². The van der Waals surface area contributed by atoms with Gasteiger partial charge < -0.3 is 10.2 Å². The number of hydrogen-bond donors (Lipinski definition) is 1. The smallest absolute Gasteiger partial charge is 0.255 e. The molecule has 2 amide bonds. The Labute approximate surface area is 148 Å². The lowest BCUT2D eigenvalue weighted by molar-refractivity contribution is 0.0724. The molecule has 0 unspecified atom stereocenters. The van der Waals surface area contributed by atoms with Gasteiger partial charge in [0, 0.05) is 29.9 Å². The monoisotopic (exact) mass is 336 g/mol. The highest BCUT2D eigenvalue weighted by Crippen LogP contribution is 2.19. The maximum absolute atomic E-state index is 12.5. The summed E-state index contributed by atoms with van der Waals surface area (Å²) in [5, 5.41) is 2.95. The summed E-state index contributed by atoms with van der Waals surface area (Å²) in [6.45, 7) is 5.67. The van der Waals surface area contributed by atoms with Crippen LogP contribution >= 0.6 is 0 Å². The molecular weight excluding hydrogens is 312 g/mol. The van der Waals surface area contributed by atoms with Gasteiger partial charge in [-0.25, -0.2) is 0 Å². The van der Waals surface area contributed by atoms with Crippen molar-refractivity contribution in [2.24, 2.45) is 0 Å². The Morgan fingerprint density at radius 3 is 2.20 bits per heavy atom. The zero-order valence-electron chi connectivity index (χ0n) is 14.8. The van der Waals surface area contributed by atoms with E-state index in [1.807, 2.05) is 36.9 Å². The van der Waals surface area contributed by atoms with E-state index in [-0.39, 0.29) is 11.8 Å². The molecule has 0 aliphatic carbocycles. The van der Waals surface area contributed by atoms with E-state index in [9.17, 15) is 9.59 Å². The van der Waals surface area contributed by atoms with Crippen molar-refractivity contribution in [2.75, 3.05) is 18.4 Å². The lowest BCUT2D eigenvalue weighted by atomic mass is 10.1. The second kappa shape index (κ2) is 7.51. The number of aryl methyl sites for hydroxylation is 1. The number of likely N-dealkylation sites (tertiary alicyclic amines) is 1. The third kappa shape index (κ3) is 3.90. The number of anilines is 1. The molecule has 1 heterocycles. The molecular formula is C21H24N2O2. The van der Waals surface area contributed by atoms with Crippen LogP contribution in [0.5, 0.6) is 0 Å². The molecule has 0 bridgehead atoms. The number of piperidine rings is 1. The maximum atomic E-state index is 12.5. The summed E-state index contributed by atoms with van der Waals surface area (Å²) < 4.78 is 0. The molecule has 25 heavy (non-hydrogen) atoms. The minimum Gasteiger partial charge on any atom is -0.339 e. The summed E-state index contributed by atoms with van der Waals surface area (Å²) in [4.78, 5) is 26.8. The Bertz CT molecular complexity index is 775. The number of rotatable bonds is 3. The zero-order chi connectivity index (χ0) is 17.8. The van der Waals surface area contributed by atoms with Crippen LogP contribution in [-0.4, -0.2) is 29.8 Å². The molecule has 0 radical (unpaired) electrons. The van der Waals surface area contributed by atoms with Crippen molar-refractivity contribution in [3.05, 3.63) is 64.7 Å². The standard InChI is InChI=1S/C21H24N2O2/c1-15-7-6-8-19(16(15)2)22-20(24)17-9-11-18(12-10-17)21(25)23-13-4-3-5-14-23/h6-12H,3-5,13-14H2,1-2H3,(H,22,24). The average molecular weight is 336 g/mol. The minimum atomic E-state index is -0.161. The van der Waals surface area contributed by atoms with Gasteiger partial charge in [0.2, 0.25) is 0 Å². The van der Waals surface area contributed by atoms with Crippen molar-refractivity contribution < 1.29 is 9.59 Å². The van der Waals surface area contributed by atoms with Crippen molar-refractivity contribution in [3.8, 4) is 0 Å². The highest BCUT2D eigenvalue weighted by Gasteiger charge is 2.18. The van der Waals surface area contributed by atoms with Gasteiger partial charge in [-0.05, 0) is 74.6 Å². The van der Waals surface area contributed by atoms with Crippen LogP contribution in [0.1, 0.15) is 51.1 Å². The van der Waals surface area contributed by atoms with Crippen molar-refractivity contribution >= 4 is 17.5 Å². The molecule has 130 valence electrons. The van der Waals surface area contributed by atoms with Crippen LogP contribution in [0.2, 0.25) is 0 Å². The molecule has 2 aromatic rings. The van der Waals surface area contributed by atoms with E-state index in [0.717, 1.165) is 42.7 Å². The lowest BCUT2D eigenvalue weighted by Gasteiger charge is -2.26. The van der Waals surface area contributed by atoms with E-state index < -0.39 is 0 Å². The first kappa shape index (κ1) is 17.2. The van der Waals surface area contributed by atoms with E-state index in [4.69, 9.17) is 0 Å². The van der Waals surface area contributed by atoms with Crippen LogP contribution < -0.4 is 5.32 Å². The van der Waals surface area contributed by atoms with Crippen molar-refractivity contribution in [1.82, 2.24) is 4.90 Å². The fourth-order valence-corrected chi connectivity index (χ4v) is 3.12. The third-order valence-corrected chi connectivity index (χ3v) is 4.89. The Hall–Kier alpha value is -2.62. The van der Waals surface area contributed by atoms with Gasteiger partial charge in [0.05, 0.1) is 0 Å². The van der Waals surface area contributed by atoms with Gasteiger partial charge in [-0.2, -0.15) is 0 Å². The fourth-order valence-electron chi connectivity index (χ4n) is 3.12. The molecule has 1 aliphatic rings. The second-order valence-electron chi connectivity index (χ2n) is 6.63. The second-order valence-corrected chi connectivity index (χ2v) is 6.63. The minimum absolute atomic E-state index is 0.0567. The van der Waals surface area contributed by atoms with E-state index >= 15 is 0 Å². The number of hydrogen-bond acceptors (Lipinski definition) is 2. The van der Waals surface area contributed by atoms with Crippen LogP contribution in [-0.2, 0) is 0 Å². The molecule has 1 N–H and O–H groups in total. The number of carbonyl (C=O) groups is 2. The molecule has 0 aromatic heterocycles. The molecule has 0 spiro atoms. The summed E-state index contributed by atoms with van der Waals surface area (Å²) in [5.41, 5.74) is 4.22. The van der Waals surface area contributed by atoms with E-state index in [1.54, 1.807) is 24.3 Å².